The van der Waals surface area contributed by atoms with E-state index in [0.717, 1.165) is 24.7 Å². The van der Waals surface area contributed by atoms with Gasteiger partial charge in [0.2, 0.25) is 10.0 Å². The number of ketones is 1. The van der Waals surface area contributed by atoms with Gasteiger partial charge in [-0.3, -0.25) is 4.79 Å². The number of carbonyl (C=O) groups excluding carboxylic acids is 1. The predicted molar refractivity (Wildman–Crippen MR) is 153 cm³/mol. The molecule has 0 aromatic heterocycles. The smallest absolute Gasteiger partial charge is 0.243 e. The number of likely N-dealkylation sites (tertiary alicyclic amines) is 1. The minimum absolute atomic E-state index is 0.0327. The molecule has 2 heterocycles. The maximum atomic E-state index is 13.2. The lowest BCUT2D eigenvalue weighted by molar-refractivity contribution is -0.118. The first-order valence-corrected chi connectivity index (χ1v) is 15.3. The van der Waals surface area contributed by atoms with Gasteiger partial charge in [-0.05, 0) is 93.6 Å². The summed E-state index contributed by atoms with van der Waals surface area (Å²) in [6, 6.07) is 12.5. The first-order valence-electron chi connectivity index (χ1n) is 13.9. The number of hydrogen-bond donors (Lipinski definition) is 0. The van der Waals surface area contributed by atoms with Gasteiger partial charge in [0.05, 0.1) is 12.0 Å². The number of methoxy groups -OCH3 is 1. The second-order valence-electron chi connectivity index (χ2n) is 10.9. The summed E-state index contributed by atoms with van der Waals surface area (Å²) in [5, 5.41) is 0. The van der Waals surface area contributed by atoms with E-state index in [2.05, 4.69) is 21.9 Å². The zero-order valence-corrected chi connectivity index (χ0v) is 24.2. The van der Waals surface area contributed by atoms with E-state index in [1.807, 2.05) is 12.1 Å². The van der Waals surface area contributed by atoms with Crippen LogP contribution in [0.25, 0.3) is 0 Å². The average Bonchev–Trinajstić information content (AvgIpc) is 2.92. The first-order chi connectivity index (χ1) is 18.2. The number of carbonyl (C=O) groups is 1. The Hall–Kier alpha value is -2.42. The van der Waals surface area contributed by atoms with Gasteiger partial charge < -0.3 is 14.5 Å². The molecule has 0 amide bonds. The van der Waals surface area contributed by atoms with Gasteiger partial charge in [-0.15, -0.1) is 0 Å². The molecule has 0 radical (unpaired) electrons. The molecule has 0 N–H and O–H groups in total. The molecule has 2 aliphatic rings. The van der Waals surface area contributed by atoms with Crippen molar-refractivity contribution in [2.45, 2.75) is 69.7 Å². The van der Waals surface area contributed by atoms with Gasteiger partial charge in [0, 0.05) is 51.3 Å². The maximum Gasteiger partial charge on any atom is 0.243 e. The van der Waals surface area contributed by atoms with E-state index in [-0.39, 0.29) is 23.6 Å². The Morgan fingerprint density at radius 3 is 2.16 bits per heavy atom. The van der Waals surface area contributed by atoms with Crippen molar-refractivity contribution in [3.05, 3.63) is 53.1 Å². The fraction of sp³-hybridized carbons (Fsp3) is 0.567. The van der Waals surface area contributed by atoms with Crippen LogP contribution < -0.4 is 9.64 Å². The van der Waals surface area contributed by atoms with E-state index in [9.17, 15) is 13.2 Å². The van der Waals surface area contributed by atoms with Gasteiger partial charge in [0.1, 0.15) is 11.5 Å². The molecule has 0 atom stereocenters. The molecule has 2 aromatic carbocycles. The molecule has 8 heteroatoms. The zero-order valence-electron chi connectivity index (χ0n) is 23.4. The topological polar surface area (TPSA) is 70.2 Å². The molecule has 2 aliphatic heterocycles. The monoisotopic (exact) mass is 541 g/mol. The highest BCUT2D eigenvalue weighted by molar-refractivity contribution is 7.89. The van der Waals surface area contributed by atoms with Crippen LogP contribution >= 0.6 is 0 Å². The Morgan fingerprint density at radius 2 is 1.58 bits per heavy atom. The second kappa shape index (κ2) is 12.6. The number of rotatable bonds is 10. The van der Waals surface area contributed by atoms with Crippen LogP contribution in [0.2, 0.25) is 0 Å². The number of piperidine rings is 2. The summed E-state index contributed by atoms with van der Waals surface area (Å²) in [7, 11) is -0.607. The van der Waals surface area contributed by atoms with Gasteiger partial charge in [-0.1, -0.05) is 18.6 Å². The molecular weight excluding hydrogens is 498 g/mol. The number of Topliss-reactive ketones (excluding diaryl/α,β-unsaturated/α-hetero) is 1. The molecule has 0 unspecified atom stereocenters. The first kappa shape index (κ1) is 28.6. The number of nitrogens with zero attached hydrogens (tertiary/aromatic N) is 3. The van der Waals surface area contributed by atoms with Crippen LogP contribution in [0.3, 0.4) is 0 Å². The van der Waals surface area contributed by atoms with Crippen LogP contribution in [0, 0.1) is 13.8 Å². The highest BCUT2D eigenvalue weighted by Gasteiger charge is 2.27. The van der Waals surface area contributed by atoms with E-state index in [4.69, 9.17) is 4.74 Å². The fourth-order valence-corrected chi connectivity index (χ4v) is 7.48. The lowest BCUT2D eigenvalue weighted by Gasteiger charge is -2.41. The van der Waals surface area contributed by atoms with Crippen molar-refractivity contribution in [2.75, 3.05) is 51.8 Å². The summed E-state index contributed by atoms with van der Waals surface area (Å²) in [5.41, 5.74) is 3.45. The number of sulfonamides is 1. The van der Waals surface area contributed by atoms with Crippen molar-refractivity contribution in [2.24, 2.45) is 0 Å². The highest BCUT2D eigenvalue weighted by atomic mass is 32.2. The normalized spacial score (nSPS) is 17.7. The van der Waals surface area contributed by atoms with E-state index < -0.39 is 10.0 Å². The van der Waals surface area contributed by atoms with Crippen LogP contribution in [-0.2, 0) is 21.2 Å². The van der Waals surface area contributed by atoms with Crippen molar-refractivity contribution in [1.82, 2.24) is 9.21 Å². The predicted octanol–water partition coefficient (Wildman–Crippen LogP) is 4.59. The average molecular weight is 542 g/mol. The minimum Gasteiger partial charge on any atom is -0.497 e. The van der Waals surface area contributed by atoms with E-state index >= 15 is 0 Å². The van der Waals surface area contributed by atoms with Gasteiger partial charge in [0.15, 0.2) is 0 Å². The standard InChI is InChI=1S/C30H43N3O4S/c1-23-20-29(37-4)21-24(2)30(23)38(35,36)31(3)17-14-28(34)22-25-8-10-26(11-9-25)33-18-12-27(13-19-33)32-15-6-5-7-16-32/h8-11,20-21,27H,5-7,12-19,22H2,1-4H3. The minimum atomic E-state index is -3.71. The summed E-state index contributed by atoms with van der Waals surface area (Å²) < 4.78 is 32.9. The number of aryl methyl sites for hydroxylation is 2. The summed E-state index contributed by atoms with van der Waals surface area (Å²) in [6.07, 6.45) is 6.98. The maximum absolute atomic E-state index is 13.2. The molecule has 2 saturated heterocycles. The Kier molecular flexibility index (Phi) is 9.50. The summed E-state index contributed by atoms with van der Waals surface area (Å²) in [4.78, 5) is 18.1. The summed E-state index contributed by atoms with van der Waals surface area (Å²) in [6.45, 7) is 8.35. The molecule has 2 fully saturated rings. The molecule has 0 saturated carbocycles. The molecule has 0 bridgehead atoms. The lowest BCUT2D eigenvalue weighted by Crippen LogP contribution is -2.46. The Balaban J connectivity index is 1.27. The van der Waals surface area contributed by atoms with E-state index in [1.165, 1.54) is 62.2 Å². The van der Waals surface area contributed by atoms with Crippen molar-refractivity contribution in [3.63, 3.8) is 0 Å². The summed E-state index contributed by atoms with van der Waals surface area (Å²) in [5.74, 6) is 0.662. The van der Waals surface area contributed by atoms with E-state index in [1.54, 1.807) is 33.1 Å². The third-order valence-electron chi connectivity index (χ3n) is 8.12. The van der Waals surface area contributed by atoms with Crippen molar-refractivity contribution < 1.29 is 17.9 Å². The Morgan fingerprint density at radius 1 is 0.974 bits per heavy atom. The molecule has 208 valence electrons. The second-order valence-corrected chi connectivity index (χ2v) is 12.8. The number of anilines is 1. The highest BCUT2D eigenvalue weighted by Crippen LogP contribution is 2.28. The molecule has 0 aliphatic carbocycles. The fourth-order valence-electron chi connectivity index (χ4n) is 5.91. The number of ether oxygens (including phenoxy) is 1. The van der Waals surface area contributed by atoms with Crippen LogP contribution in [-0.4, -0.2) is 76.3 Å². The van der Waals surface area contributed by atoms with Crippen molar-refractivity contribution in [3.8, 4) is 5.75 Å². The van der Waals surface area contributed by atoms with Gasteiger partial charge in [0.25, 0.3) is 0 Å². The zero-order chi connectivity index (χ0) is 27.3. The third-order valence-corrected chi connectivity index (χ3v) is 10.3. The number of hydrogen-bond acceptors (Lipinski definition) is 6. The molecular formula is C30H43N3O4S. The van der Waals surface area contributed by atoms with E-state index in [0.29, 0.717) is 23.3 Å². The summed E-state index contributed by atoms with van der Waals surface area (Å²) >= 11 is 0. The van der Waals surface area contributed by atoms with Crippen LogP contribution in [0.1, 0.15) is 55.2 Å². The Bertz CT molecular complexity index is 1180. The van der Waals surface area contributed by atoms with Crippen molar-refractivity contribution >= 4 is 21.5 Å². The quantitative estimate of drug-likeness (QED) is 0.438. The van der Waals surface area contributed by atoms with Crippen molar-refractivity contribution in [1.29, 1.82) is 0 Å². The van der Waals surface area contributed by atoms with Crippen LogP contribution in [0.5, 0.6) is 5.75 Å². The Labute approximate surface area is 228 Å². The van der Waals surface area contributed by atoms with Gasteiger partial charge in [-0.2, -0.15) is 0 Å². The lowest BCUT2D eigenvalue weighted by atomic mass is 9.99. The van der Waals surface area contributed by atoms with Gasteiger partial charge >= 0.3 is 0 Å². The number of benzene rings is 2. The molecule has 2 aromatic rings. The van der Waals surface area contributed by atoms with Crippen LogP contribution in [0.15, 0.2) is 41.3 Å². The molecule has 7 nitrogen and oxygen atoms in total. The van der Waals surface area contributed by atoms with Gasteiger partial charge in [-0.25, -0.2) is 12.7 Å². The van der Waals surface area contributed by atoms with Crippen LogP contribution in [0.4, 0.5) is 5.69 Å². The molecule has 0 spiro atoms. The SMILES string of the molecule is COc1cc(C)c(S(=O)(=O)N(C)CCC(=O)Cc2ccc(N3CCC(N4CCCCC4)CC3)cc2)c(C)c1. The molecule has 4 rings (SSSR count). The molecule has 38 heavy (non-hydrogen) atoms. The largest absolute Gasteiger partial charge is 0.497 e. The third kappa shape index (κ3) is 6.77.